The number of amides is 1. The number of carbonyl (C=O) groups is 1. The van der Waals surface area contributed by atoms with Gasteiger partial charge in [-0.15, -0.1) is 11.8 Å². The summed E-state index contributed by atoms with van der Waals surface area (Å²) in [5.41, 5.74) is 3.07. The molecule has 0 aromatic heterocycles. The van der Waals surface area contributed by atoms with Crippen LogP contribution in [-0.2, 0) is 0 Å². The first-order valence-corrected chi connectivity index (χ1v) is 11.9. The third-order valence-electron chi connectivity index (χ3n) is 6.22. The second-order valence-electron chi connectivity index (χ2n) is 8.81. The Morgan fingerprint density at radius 3 is 2.76 bits per heavy atom. The van der Waals surface area contributed by atoms with E-state index in [0.29, 0.717) is 17.6 Å². The quantitative estimate of drug-likeness (QED) is 0.499. The number of hydrogen-bond donors (Lipinski definition) is 1. The first-order chi connectivity index (χ1) is 13.8. The van der Waals surface area contributed by atoms with Crippen LogP contribution in [0.2, 0.25) is 0 Å². The van der Waals surface area contributed by atoms with Crippen LogP contribution in [0.5, 0.6) is 11.5 Å². The van der Waals surface area contributed by atoms with E-state index in [4.69, 9.17) is 9.47 Å². The SMILES string of the molecule is CCCCCC(C)C(C)c1cc(OC(=O)NC)c2c(c1)OC(C)(C)C1=C2CCS1. The summed E-state index contributed by atoms with van der Waals surface area (Å²) in [5, 5.41) is 2.58. The Labute approximate surface area is 179 Å². The highest BCUT2D eigenvalue weighted by molar-refractivity contribution is 8.03. The van der Waals surface area contributed by atoms with Crippen molar-refractivity contribution < 1.29 is 14.3 Å². The van der Waals surface area contributed by atoms with Crippen molar-refractivity contribution in [1.29, 1.82) is 0 Å². The Bertz CT molecular complexity index is 800. The predicted octanol–water partition coefficient (Wildman–Crippen LogP) is 6.74. The van der Waals surface area contributed by atoms with Gasteiger partial charge in [0.2, 0.25) is 0 Å². The van der Waals surface area contributed by atoms with Gasteiger partial charge in [0.15, 0.2) is 0 Å². The molecule has 1 aromatic rings. The zero-order chi connectivity index (χ0) is 21.2. The van der Waals surface area contributed by atoms with E-state index in [0.717, 1.165) is 23.5 Å². The molecular weight excluding hydrogens is 382 g/mol. The van der Waals surface area contributed by atoms with Gasteiger partial charge in [0.25, 0.3) is 0 Å². The van der Waals surface area contributed by atoms with Gasteiger partial charge >= 0.3 is 6.09 Å². The summed E-state index contributed by atoms with van der Waals surface area (Å²) in [6.45, 7) is 11.1. The summed E-state index contributed by atoms with van der Waals surface area (Å²) < 4.78 is 12.2. The molecule has 2 heterocycles. The third kappa shape index (κ3) is 4.60. The van der Waals surface area contributed by atoms with Crippen LogP contribution in [0, 0.1) is 5.92 Å². The minimum absolute atomic E-state index is 0.345. The van der Waals surface area contributed by atoms with Gasteiger partial charge in [0.05, 0.1) is 5.56 Å². The molecule has 29 heavy (non-hydrogen) atoms. The molecule has 3 rings (SSSR count). The molecule has 0 saturated heterocycles. The van der Waals surface area contributed by atoms with E-state index < -0.39 is 6.09 Å². The minimum Gasteiger partial charge on any atom is -0.482 e. The fourth-order valence-electron chi connectivity index (χ4n) is 4.33. The van der Waals surface area contributed by atoms with Crippen molar-refractivity contribution in [2.75, 3.05) is 12.8 Å². The van der Waals surface area contributed by atoms with Crippen LogP contribution in [0.25, 0.3) is 5.57 Å². The summed E-state index contributed by atoms with van der Waals surface area (Å²) in [6, 6.07) is 4.24. The molecule has 0 spiro atoms. The third-order valence-corrected chi connectivity index (χ3v) is 7.66. The number of fused-ring (bicyclic) bond motifs is 2. The molecule has 0 fully saturated rings. The Morgan fingerprint density at radius 2 is 2.07 bits per heavy atom. The van der Waals surface area contributed by atoms with Gasteiger partial charge in [-0.2, -0.15) is 0 Å². The molecule has 160 valence electrons. The number of rotatable bonds is 7. The maximum Gasteiger partial charge on any atom is 0.412 e. The second kappa shape index (κ2) is 9.03. The Balaban J connectivity index is 2.01. The molecule has 0 saturated carbocycles. The standard InChI is InChI=1S/C24H35NO3S/c1-7-8-9-10-15(2)16(3)17-13-19(27-23(26)25-6)21-18-11-12-29-22(18)24(4,5)28-20(21)14-17/h13-16H,7-12H2,1-6H3,(H,25,26). The van der Waals surface area contributed by atoms with Crippen molar-refractivity contribution >= 4 is 23.4 Å². The van der Waals surface area contributed by atoms with Gasteiger partial charge in [0.1, 0.15) is 17.1 Å². The number of hydrogen-bond acceptors (Lipinski definition) is 4. The molecule has 2 atom stereocenters. The van der Waals surface area contributed by atoms with E-state index in [1.165, 1.54) is 41.7 Å². The van der Waals surface area contributed by atoms with Crippen LogP contribution >= 0.6 is 11.8 Å². The van der Waals surface area contributed by atoms with Crippen LogP contribution < -0.4 is 14.8 Å². The first-order valence-electron chi connectivity index (χ1n) is 10.9. The fourth-order valence-corrected chi connectivity index (χ4v) is 5.61. The Morgan fingerprint density at radius 1 is 1.31 bits per heavy atom. The number of nitrogens with one attached hydrogen (secondary N) is 1. The molecule has 5 heteroatoms. The zero-order valence-corrected chi connectivity index (χ0v) is 19.5. The Kier molecular flexibility index (Phi) is 6.87. The molecule has 1 N–H and O–H groups in total. The number of unbranched alkanes of at least 4 members (excludes halogenated alkanes) is 2. The van der Waals surface area contributed by atoms with Crippen molar-refractivity contribution in [3.8, 4) is 11.5 Å². The van der Waals surface area contributed by atoms with Gasteiger partial charge in [0, 0.05) is 17.7 Å². The van der Waals surface area contributed by atoms with Gasteiger partial charge in [-0.1, -0.05) is 46.5 Å². The zero-order valence-electron chi connectivity index (χ0n) is 18.7. The summed E-state index contributed by atoms with van der Waals surface area (Å²) in [4.78, 5) is 13.3. The smallest absolute Gasteiger partial charge is 0.412 e. The van der Waals surface area contributed by atoms with E-state index in [-0.39, 0.29) is 5.60 Å². The molecule has 2 unspecified atom stereocenters. The molecule has 0 bridgehead atoms. The topological polar surface area (TPSA) is 47.6 Å². The molecule has 0 aliphatic carbocycles. The number of thioether (sulfide) groups is 1. The van der Waals surface area contributed by atoms with Crippen molar-refractivity contribution in [2.45, 2.75) is 78.2 Å². The average Bonchev–Trinajstić information content (AvgIpc) is 3.17. The van der Waals surface area contributed by atoms with Gasteiger partial charge < -0.3 is 14.8 Å². The first kappa shape index (κ1) is 22.1. The molecule has 0 radical (unpaired) electrons. The largest absolute Gasteiger partial charge is 0.482 e. The van der Waals surface area contributed by atoms with Crippen molar-refractivity contribution in [3.05, 3.63) is 28.2 Å². The summed E-state index contributed by atoms with van der Waals surface area (Å²) in [7, 11) is 1.59. The van der Waals surface area contributed by atoms with Crippen LogP contribution in [0.15, 0.2) is 17.0 Å². The van der Waals surface area contributed by atoms with Crippen LogP contribution in [-0.4, -0.2) is 24.5 Å². The number of benzene rings is 1. The maximum absolute atomic E-state index is 12.1. The van der Waals surface area contributed by atoms with Crippen molar-refractivity contribution in [2.24, 2.45) is 5.92 Å². The second-order valence-corrected chi connectivity index (χ2v) is 9.92. The lowest BCUT2D eigenvalue weighted by atomic mass is 9.83. The van der Waals surface area contributed by atoms with Gasteiger partial charge in [-0.3, -0.25) is 0 Å². The molecule has 2 aliphatic heterocycles. The van der Waals surface area contributed by atoms with E-state index in [9.17, 15) is 4.79 Å². The number of allylic oxidation sites excluding steroid dienone is 1. The number of carbonyl (C=O) groups excluding carboxylic acids is 1. The summed E-state index contributed by atoms with van der Waals surface area (Å²) in [5.74, 6) is 3.43. The van der Waals surface area contributed by atoms with Crippen LogP contribution in [0.1, 0.15) is 83.8 Å². The lowest BCUT2D eigenvalue weighted by Crippen LogP contribution is -2.33. The predicted molar refractivity (Wildman–Crippen MR) is 122 cm³/mol. The van der Waals surface area contributed by atoms with Crippen molar-refractivity contribution in [1.82, 2.24) is 5.32 Å². The lowest BCUT2D eigenvalue weighted by Gasteiger charge is -2.35. The summed E-state index contributed by atoms with van der Waals surface area (Å²) in [6.07, 6.45) is 5.51. The summed E-state index contributed by atoms with van der Waals surface area (Å²) >= 11 is 1.86. The Hall–Kier alpha value is -1.62. The van der Waals surface area contributed by atoms with E-state index in [1.54, 1.807) is 7.05 Å². The molecule has 1 amide bonds. The molecular formula is C24H35NO3S. The van der Waals surface area contributed by atoms with E-state index in [1.807, 2.05) is 11.8 Å². The van der Waals surface area contributed by atoms with E-state index in [2.05, 4.69) is 52.1 Å². The molecule has 1 aromatic carbocycles. The highest BCUT2D eigenvalue weighted by atomic mass is 32.2. The lowest BCUT2D eigenvalue weighted by molar-refractivity contribution is 0.153. The number of ether oxygens (including phenoxy) is 2. The molecule has 2 aliphatic rings. The van der Waals surface area contributed by atoms with E-state index >= 15 is 0 Å². The molecule has 4 nitrogen and oxygen atoms in total. The van der Waals surface area contributed by atoms with Gasteiger partial charge in [-0.05, 0) is 55.4 Å². The van der Waals surface area contributed by atoms with Gasteiger partial charge in [-0.25, -0.2) is 4.79 Å². The average molecular weight is 418 g/mol. The maximum atomic E-state index is 12.1. The fraction of sp³-hybridized carbons (Fsp3) is 0.625. The van der Waals surface area contributed by atoms with Crippen molar-refractivity contribution in [3.63, 3.8) is 0 Å². The monoisotopic (exact) mass is 417 g/mol. The minimum atomic E-state index is -0.439. The van der Waals surface area contributed by atoms with Crippen LogP contribution in [0.3, 0.4) is 0 Å². The van der Waals surface area contributed by atoms with Crippen LogP contribution in [0.4, 0.5) is 4.79 Å². The highest BCUT2D eigenvalue weighted by Crippen LogP contribution is 2.54. The highest BCUT2D eigenvalue weighted by Gasteiger charge is 2.40. The normalized spacial score (nSPS) is 19.1.